The Hall–Kier alpha value is -3.53. The molecular weight excluding hydrogens is 422 g/mol. The van der Waals surface area contributed by atoms with Crippen molar-refractivity contribution >= 4 is 17.7 Å². The van der Waals surface area contributed by atoms with Crippen molar-refractivity contribution < 1.29 is 14.3 Å². The van der Waals surface area contributed by atoms with Crippen LogP contribution in [0.25, 0.3) is 6.08 Å². The van der Waals surface area contributed by atoms with Crippen LogP contribution in [0.2, 0.25) is 0 Å². The number of hydrogen-bond acceptors (Lipinski definition) is 3. The van der Waals surface area contributed by atoms with E-state index in [1.165, 1.54) is 16.7 Å². The molecule has 0 saturated carbocycles. The van der Waals surface area contributed by atoms with Crippen molar-refractivity contribution in [3.8, 4) is 11.5 Å². The average Bonchev–Trinajstić information content (AvgIpc) is 2.83. The Morgan fingerprint density at radius 2 is 1.62 bits per heavy atom. The summed E-state index contributed by atoms with van der Waals surface area (Å²) in [6.07, 6.45) is 4.30. The van der Waals surface area contributed by atoms with E-state index in [9.17, 15) is 4.79 Å². The zero-order chi connectivity index (χ0) is 24.5. The SMILES string of the molecule is COc1ccc(/C=C\C(=O)N2c3ccc(C)cc3[C@@](C)(c3ccccc3)CC2(C)C)cc1OC. The Balaban J connectivity index is 1.75. The number of aryl methyl sites for hydroxylation is 1. The largest absolute Gasteiger partial charge is 0.493 e. The normalized spacial score (nSPS) is 19.1. The summed E-state index contributed by atoms with van der Waals surface area (Å²) in [6.45, 7) is 8.70. The smallest absolute Gasteiger partial charge is 0.251 e. The molecule has 0 N–H and O–H groups in total. The summed E-state index contributed by atoms with van der Waals surface area (Å²) in [6, 6.07) is 22.6. The summed E-state index contributed by atoms with van der Waals surface area (Å²) >= 11 is 0. The van der Waals surface area contributed by atoms with E-state index in [1.807, 2.05) is 35.2 Å². The molecule has 0 bridgehead atoms. The first-order valence-electron chi connectivity index (χ1n) is 11.6. The van der Waals surface area contributed by atoms with Gasteiger partial charge in [0.25, 0.3) is 5.91 Å². The topological polar surface area (TPSA) is 38.8 Å². The number of carbonyl (C=O) groups excluding carboxylic acids is 1. The van der Waals surface area contributed by atoms with E-state index in [4.69, 9.17) is 9.47 Å². The fourth-order valence-corrected chi connectivity index (χ4v) is 5.33. The Morgan fingerprint density at radius 1 is 0.912 bits per heavy atom. The highest BCUT2D eigenvalue weighted by Crippen LogP contribution is 2.50. The molecule has 1 aliphatic heterocycles. The van der Waals surface area contributed by atoms with Gasteiger partial charge < -0.3 is 14.4 Å². The van der Waals surface area contributed by atoms with E-state index < -0.39 is 0 Å². The molecule has 0 aliphatic carbocycles. The maximum absolute atomic E-state index is 13.6. The first-order valence-corrected chi connectivity index (χ1v) is 11.6. The minimum atomic E-state index is -0.383. The van der Waals surface area contributed by atoms with Crippen LogP contribution in [-0.4, -0.2) is 25.7 Å². The third-order valence-electron chi connectivity index (χ3n) is 6.84. The summed E-state index contributed by atoms with van der Waals surface area (Å²) in [4.78, 5) is 15.6. The molecule has 34 heavy (non-hydrogen) atoms. The van der Waals surface area contributed by atoms with Gasteiger partial charge in [0.2, 0.25) is 0 Å². The number of hydrogen-bond donors (Lipinski definition) is 0. The van der Waals surface area contributed by atoms with Crippen LogP contribution in [0.15, 0.2) is 72.8 Å². The standard InChI is InChI=1S/C30H33NO3/c1-21-12-15-25-24(18-21)30(4,23-10-8-7-9-11-23)20-29(2,3)31(25)28(32)17-14-22-13-16-26(33-5)27(19-22)34-6/h7-19H,20H2,1-6H3/b17-14-/t30-/m1/s1. The van der Waals surface area contributed by atoms with Gasteiger partial charge in [-0.1, -0.05) is 61.0 Å². The number of ether oxygens (including phenoxy) is 2. The van der Waals surface area contributed by atoms with Crippen LogP contribution in [0, 0.1) is 6.92 Å². The number of nitrogens with zero attached hydrogens (tertiary/aromatic N) is 1. The van der Waals surface area contributed by atoms with Gasteiger partial charge in [-0.05, 0) is 68.2 Å². The molecular formula is C30H33NO3. The molecule has 4 heteroatoms. The minimum Gasteiger partial charge on any atom is -0.493 e. The number of amides is 1. The van der Waals surface area contributed by atoms with Crippen molar-refractivity contribution in [2.45, 2.75) is 45.1 Å². The Bertz CT molecular complexity index is 1230. The fourth-order valence-electron chi connectivity index (χ4n) is 5.33. The number of methoxy groups -OCH3 is 2. The first kappa shape index (κ1) is 23.6. The van der Waals surface area contributed by atoms with Gasteiger partial charge in [-0.2, -0.15) is 0 Å². The number of anilines is 1. The molecule has 1 amide bonds. The van der Waals surface area contributed by atoms with Crippen molar-refractivity contribution in [3.05, 3.63) is 95.1 Å². The van der Waals surface area contributed by atoms with Crippen molar-refractivity contribution in [1.82, 2.24) is 0 Å². The van der Waals surface area contributed by atoms with Gasteiger partial charge in [-0.25, -0.2) is 0 Å². The van der Waals surface area contributed by atoms with Crippen LogP contribution < -0.4 is 14.4 Å². The van der Waals surface area contributed by atoms with E-state index in [1.54, 1.807) is 20.3 Å². The van der Waals surface area contributed by atoms with Crippen LogP contribution in [-0.2, 0) is 10.2 Å². The Morgan fingerprint density at radius 3 is 2.29 bits per heavy atom. The monoisotopic (exact) mass is 455 g/mol. The second-order valence-corrected chi connectivity index (χ2v) is 9.83. The van der Waals surface area contributed by atoms with Crippen molar-refractivity contribution in [2.75, 3.05) is 19.1 Å². The van der Waals surface area contributed by atoms with Crippen LogP contribution in [0.4, 0.5) is 5.69 Å². The summed E-state index contributed by atoms with van der Waals surface area (Å²) < 4.78 is 10.7. The summed E-state index contributed by atoms with van der Waals surface area (Å²) in [7, 11) is 3.22. The summed E-state index contributed by atoms with van der Waals surface area (Å²) in [5.74, 6) is 1.25. The summed E-state index contributed by atoms with van der Waals surface area (Å²) in [5.41, 5.74) is 4.90. The summed E-state index contributed by atoms with van der Waals surface area (Å²) in [5, 5.41) is 0. The average molecular weight is 456 g/mol. The van der Waals surface area contributed by atoms with Gasteiger partial charge in [0.15, 0.2) is 11.5 Å². The lowest BCUT2D eigenvalue weighted by molar-refractivity contribution is -0.115. The molecule has 4 rings (SSSR count). The molecule has 1 heterocycles. The number of carbonyl (C=O) groups is 1. The maximum Gasteiger partial charge on any atom is 0.251 e. The zero-order valence-electron chi connectivity index (χ0n) is 20.9. The van der Waals surface area contributed by atoms with E-state index >= 15 is 0 Å². The predicted octanol–water partition coefficient (Wildman–Crippen LogP) is 6.55. The van der Waals surface area contributed by atoms with Crippen LogP contribution in [0.3, 0.4) is 0 Å². The molecule has 0 fully saturated rings. The maximum atomic E-state index is 13.6. The minimum absolute atomic E-state index is 0.0417. The molecule has 1 atom stereocenters. The third kappa shape index (κ3) is 4.21. The number of benzene rings is 3. The number of rotatable bonds is 5. The molecule has 0 unspecified atom stereocenters. The molecule has 0 aromatic heterocycles. The fraction of sp³-hybridized carbons (Fsp3) is 0.300. The molecule has 3 aromatic carbocycles. The highest BCUT2D eigenvalue weighted by atomic mass is 16.5. The van der Waals surface area contributed by atoms with Gasteiger partial charge in [0.1, 0.15) is 0 Å². The zero-order valence-corrected chi connectivity index (χ0v) is 20.9. The van der Waals surface area contributed by atoms with E-state index in [-0.39, 0.29) is 16.9 Å². The lowest BCUT2D eigenvalue weighted by Gasteiger charge is -2.51. The quantitative estimate of drug-likeness (QED) is 0.410. The Kier molecular flexibility index (Phi) is 6.26. The molecule has 176 valence electrons. The molecule has 3 aromatic rings. The van der Waals surface area contributed by atoms with Crippen molar-refractivity contribution in [1.29, 1.82) is 0 Å². The molecule has 0 spiro atoms. The van der Waals surface area contributed by atoms with Gasteiger partial charge in [-0.3, -0.25) is 4.79 Å². The van der Waals surface area contributed by atoms with E-state index in [0.29, 0.717) is 11.5 Å². The van der Waals surface area contributed by atoms with E-state index in [0.717, 1.165) is 17.7 Å². The molecule has 4 nitrogen and oxygen atoms in total. The first-order chi connectivity index (χ1) is 16.2. The van der Waals surface area contributed by atoms with Crippen LogP contribution >= 0.6 is 0 Å². The lowest BCUT2D eigenvalue weighted by Crippen LogP contribution is -2.55. The van der Waals surface area contributed by atoms with Crippen LogP contribution in [0.1, 0.15) is 49.4 Å². The predicted molar refractivity (Wildman–Crippen MR) is 139 cm³/mol. The molecule has 0 radical (unpaired) electrons. The number of fused-ring (bicyclic) bond motifs is 1. The lowest BCUT2D eigenvalue weighted by atomic mass is 9.65. The van der Waals surface area contributed by atoms with Crippen molar-refractivity contribution in [3.63, 3.8) is 0 Å². The van der Waals surface area contributed by atoms with Gasteiger partial charge >= 0.3 is 0 Å². The van der Waals surface area contributed by atoms with E-state index in [2.05, 4.69) is 70.2 Å². The highest BCUT2D eigenvalue weighted by Gasteiger charge is 2.47. The highest BCUT2D eigenvalue weighted by molar-refractivity contribution is 6.06. The molecule has 0 saturated heterocycles. The second kappa shape index (κ2) is 9.02. The van der Waals surface area contributed by atoms with Gasteiger partial charge in [0, 0.05) is 22.7 Å². The Labute approximate surface area is 202 Å². The molecule has 1 aliphatic rings. The van der Waals surface area contributed by atoms with Crippen LogP contribution in [0.5, 0.6) is 11.5 Å². The second-order valence-electron chi connectivity index (χ2n) is 9.83. The third-order valence-corrected chi connectivity index (χ3v) is 6.84. The van der Waals surface area contributed by atoms with Gasteiger partial charge in [-0.15, -0.1) is 0 Å². The van der Waals surface area contributed by atoms with Crippen molar-refractivity contribution in [2.24, 2.45) is 0 Å². The van der Waals surface area contributed by atoms with Gasteiger partial charge in [0.05, 0.1) is 14.2 Å².